The van der Waals surface area contributed by atoms with Gasteiger partial charge in [0.2, 0.25) is 0 Å². The number of terminal acetylenes is 1. The van der Waals surface area contributed by atoms with E-state index in [0.29, 0.717) is 16.9 Å². The van der Waals surface area contributed by atoms with E-state index in [-0.39, 0.29) is 19.1 Å². The summed E-state index contributed by atoms with van der Waals surface area (Å²) in [5.41, 5.74) is -0.0851. The van der Waals surface area contributed by atoms with E-state index in [9.17, 15) is 9.90 Å². The van der Waals surface area contributed by atoms with E-state index in [4.69, 9.17) is 11.2 Å². The number of aryl methyl sites for hydroxylation is 1. The molecular formula is C17H19N3O3. The molecule has 0 saturated carbocycles. The number of nitrogens with one attached hydrogen (secondary N) is 1. The zero-order valence-electron chi connectivity index (χ0n) is 13.1. The first-order valence-electron chi connectivity index (χ1n) is 7.08. The molecule has 0 aliphatic carbocycles. The fraction of sp³-hybridized carbons (Fsp3) is 0.294. The molecule has 2 N–H and O–H groups in total. The maximum absolute atomic E-state index is 12.1. The van der Waals surface area contributed by atoms with Gasteiger partial charge in [-0.3, -0.25) is 9.48 Å². The van der Waals surface area contributed by atoms with Gasteiger partial charge in [0.15, 0.2) is 0 Å². The number of benzene rings is 1. The summed E-state index contributed by atoms with van der Waals surface area (Å²) >= 11 is 0. The van der Waals surface area contributed by atoms with Crippen LogP contribution in [0.1, 0.15) is 22.8 Å². The molecule has 0 aliphatic heterocycles. The number of aliphatic hydroxyl groups is 1. The van der Waals surface area contributed by atoms with Gasteiger partial charge in [-0.2, -0.15) is 5.10 Å². The number of hydrogen-bond donors (Lipinski definition) is 2. The number of hydrogen-bond acceptors (Lipinski definition) is 4. The van der Waals surface area contributed by atoms with E-state index in [1.807, 2.05) is 0 Å². The van der Waals surface area contributed by atoms with Gasteiger partial charge in [0.05, 0.1) is 12.7 Å². The van der Waals surface area contributed by atoms with E-state index in [1.165, 1.54) is 0 Å². The lowest BCUT2D eigenvalue weighted by molar-refractivity contribution is 0.0526. The van der Waals surface area contributed by atoms with Crippen molar-refractivity contribution in [2.45, 2.75) is 12.5 Å². The maximum Gasteiger partial charge on any atom is 0.251 e. The monoisotopic (exact) mass is 313 g/mol. The fourth-order valence-electron chi connectivity index (χ4n) is 1.98. The number of nitrogens with zero attached hydrogens (tertiary/aromatic N) is 2. The van der Waals surface area contributed by atoms with Crippen LogP contribution in [-0.2, 0) is 12.6 Å². The van der Waals surface area contributed by atoms with Crippen molar-refractivity contribution in [2.75, 3.05) is 13.2 Å². The summed E-state index contributed by atoms with van der Waals surface area (Å²) in [6, 6.07) is 6.62. The first-order chi connectivity index (χ1) is 10.9. The first-order valence-corrected chi connectivity index (χ1v) is 7.08. The van der Waals surface area contributed by atoms with Crippen LogP contribution in [0.15, 0.2) is 36.7 Å². The van der Waals surface area contributed by atoms with Crippen LogP contribution in [0.2, 0.25) is 0 Å². The quantitative estimate of drug-likeness (QED) is 0.782. The zero-order chi connectivity index (χ0) is 16.9. The van der Waals surface area contributed by atoms with Crippen LogP contribution >= 0.6 is 0 Å². The minimum atomic E-state index is -1.19. The lowest BCUT2D eigenvalue weighted by atomic mass is 9.99. The van der Waals surface area contributed by atoms with E-state index in [1.54, 1.807) is 55.3 Å². The molecule has 1 amide bonds. The Kier molecular flexibility index (Phi) is 5.04. The van der Waals surface area contributed by atoms with Crippen LogP contribution in [0.4, 0.5) is 0 Å². The Hall–Kier alpha value is -2.78. The van der Waals surface area contributed by atoms with Gasteiger partial charge in [-0.1, -0.05) is 5.92 Å². The second-order valence-corrected chi connectivity index (χ2v) is 5.38. The SMILES string of the molecule is C#CCOc1ccc(C(=O)NC[C@@](C)(O)c2cnn(C)c2)cc1. The van der Waals surface area contributed by atoms with Crippen molar-refractivity contribution in [3.63, 3.8) is 0 Å². The molecule has 2 aromatic rings. The highest BCUT2D eigenvalue weighted by Crippen LogP contribution is 2.19. The third kappa shape index (κ3) is 4.34. The van der Waals surface area contributed by atoms with Crippen LogP contribution in [0, 0.1) is 12.3 Å². The van der Waals surface area contributed by atoms with Crippen molar-refractivity contribution in [1.29, 1.82) is 0 Å². The average Bonchev–Trinajstić information content (AvgIpc) is 2.98. The molecule has 1 aromatic carbocycles. The van der Waals surface area contributed by atoms with Crippen LogP contribution in [0.3, 0.4) is 0 Å². The average molecular weight is 313 g/mol. The predicted octanol–water partition coefficient (Wildman–Crippen LogP) is 1.07. The minimum absolute atomic E-state index is 0.0763. The van der Waals surface area contributed by atoms with Crippen molar-refractivity contribution < 1.29 is 14.6 Å². The molecule has 1 heterocycles. The zero-order valence-corrected chi connectivity index (χ0v) is 13.1. The van der Waals surface area contributed by atoms with Gasteiger partial charge in [0, 0.05) is 24.4 Å². The van der Waals surface area contributed by atoms with Gasteiger partial charge in [0.25, 0.3) is 5.91 Å². The summed E-state index contributed by atoms with van der Waals surface area (Å²) in [5, 5.41) is 17.2. The minimum Gasteiger partial charge on any atom is -0.481 e. The number of ether oxygens (including phenoxy) is 1. The van der Waals surface area contributed by atoms with Gasteiger partial charge in [-0.15, -0.1) is 6.42 Å². The molecule has 1 aromatic heterocycles. The van der Waals surface area contributed by atoms with Crippen LogP contribution < -0.4 is 10.1 Å². The molecule has 0 spiro atoms. The lowest BCUT2D eigenvalue weighted by Crippen LogP contribution is -2.38. The number of rotatable bonds is 6. The van der Waals surface area contributed by atoms with Crippen molar-refractivity contribution in [2.24, 2.45) is 7.05 Å². The molecule has 1 atom stereocenters. The number of carbonyl (C=O) groups excluding carboxylic acids is 1. The number of carbonyl (C=O) groups is 1. The first kappa shape index (κ1) is 16.6. The summed E-state index contributed by atoms with van der Waals surface area (Å²) in [7, 11) is 1.77. The van der Waals surface area contributed by atoms with Crippen molar-refractivity contribution in [1.82, 2.24) is 15.1 Å². The van der Waals surface area contributed by atoms with Gasteiger partial charge in [0.1, 0.15) is 18.0 Å². The highest BCUT2D eigenvalue weighted by atomic mass is 16.5. The molecule has 0 saturated heterocycles. The van der Waals surface area contributed by atoms with Crippen molar-refractivity contribution in [3.8, 4) is 18.1 Å². The van der Waals surface area contributed by atoms with Crippen molar-refractivity contribution >= 4 is 5.91 Å². The highest BCUT2D eigenvalue weighted by molar-refractivity contribution is 5.94. The van der Waals surface area contributed by atoms with E-state index in [2.05, 4.69) is 16.3 Å². The number of amides is 1. The topological polar surface area (TPSA) is 76.4 Å². The Morgan fingerprint density at radius 2 is 2.17 bits per heavy atom. The van der Waals surface area contributed by atoms with Crippen molar-refractivity contribution in [3.05, 3.63) is 47.8 Å². The van der Waals surface area contributed by atoms with Crippen LogP contribution in [0.5, 0.6) is 5.75 Å². The third-order valence-corrected chi connectivity index (χ3v) is 3.36. The fourth-order valence-corrected chi connectivity index (χ4v) is 1.98. The van der Waals surface area contributed by atoms with E-state index >= 15 is 0 Å². The smallest absolute Gasteiger partial charge is 0.251 e. The molecule has 0 unspecified atom stereocenters. The Labute approximate surface area is 135 Å². The summed E-state index contributed by atoms with van der Waals surface area (Å²) in [4.78, 5) is 12.1. The van der Waals surface area contributed by atoms with Crippen LogP contribution in [-0.4, -0.2) is 33.9 Å². The molecule has 23 heavy (non-hydrogen) atoms. The Balaban J connectivity index is 1.95. The lowest BCUT2D eigenvalue weighted by Gasteiger charge is -2.22. The predicted molar refractivity (Wildman–Crippen MR) is 85.9 cm³/mol. The van der Waals surface area contributed by atoms with E-state index in [0.717, 1.165) is 0 Å². The standard InChI is InChI=1S/C17H19N3O3/c1-4-9-23-15-7-5-13(6-8-15)16(21)18-12-17(2,22)14-10-19-20(3)11-14/h1,5-8,10-11,22H,9,12H2,2-3H3,(H,18,21)/t17-/m1/s1. The summed E-state index contributed by atoms with van der Waals surface area (Å²) in [6.45, 7) is 1.88. The second-order valence-electron chi connectivity index (χ2n) is 5.38. The summed E-state index contributed by atoms with van der Waals surface area (Å²) < 4.78 is 6.84. The second kappa shape index (κ2) is 6.99. The van der Waals surface area contributed by atoms with Crippen LogP contribution in [0.25, 0.3) is 0 Å². The highest BCUT2D eigenvalue weighted by Gasteiger charge is 2.25. The molecule has 0 radical (unpaired) electrons. The van der Waals surface area contributed by atoms with Gasteiger partial charge in [-0.25, -0.2) is 0 Å². The summed E-state index contributed by atoms with van der Waals surface area (Å²) in [6.07, 6.45) is 8.40. The van der Waals surface area contributed by atoms with Gasteiger partial charge in [-0.05, 0) is 31.2 Å². The molecule has 0 bridgehead atoms. The molecular weight excluding hydrogens is 294 g/mol. The van der Waals surface area contributed by atoms with E-state index < -0.39 is 5.60 Å². The maximum atomic E-state index is 12.1. The molecule has 2 rings (SSSR count). The molecule has 120 valence electrons. The number of aromatic nitrogens is 2. The molecule has 0 fully saturated rings. The largest absolute Gasteiger partial charge is 0.481 e. The summed E-state index contributed by atoms with van der Waals surface area (Å²) in [5.74, 6) is 2.69. The third-order valence-electron chi connectivity index (χ3n) is 3.36. The van der Waals surface area contributed by atoms with Gasteiger partial charge < -0.3 is 15.2 Å². The Bertz CT molecular complexity index is 711. The van der Waals surface area contributed by atoms with Gasteiger partial charge >= 0.3 is 0 Å². The Morgan fingerprint density at radius 1 is 1.48 bits per heavy atom. The molecule has 6 heteroatoms. The molecule has 6 nitrogen and oxygen atoms in total. The Morgan fingerprint density at radius 3 is 2.74 bits per heavy atom. The molecule has 0 aliphatic rings. The normalized spacial score (nSPS) is 13.0.